The molecule has 114 valence electrons. The van der Waals surface area contributed by atoms with Gasteiger partial charge in [-0.25, -0.2) is 4.39 Å². The van der Waals surface area contributed by atoms with Gasteiger partial charge in [-0.3, -0.25) is 0 Å². The molecule has 0 saturated heterocycles. The number of hydrogen-bond acceptors (Lipinski definition) is 2. The van der Waals surface area contributed by atoms with Gasteiger partial charge in [-0.2, -0.15) is 13.2 Å². The molecule has 0 aliphatic carbocycles. The summed E-state index contributed by atoms with van der Waals surface area (Å²) in [6, 6.07) is 1.68. The highest BCUT2D eigenvalue weighted by Crippen LogP contribution is 2.31. The number of nitrogens with one attached hydrogen (secondary N) is 1. The minimum atomic E-state index is -4.58. The molecule has 7 heteroatoms. The molecular weight excluding hydrogens is 294 g/mol. The first-order valence-electron chi connectivity index (χ1n) is 5.97. The van der Waals surface area contributed by atoms with Gasteiger partial charge in [0.2, 0.25) is 0 Å². The molecule has 0 saturated carbocycles. The van der Waals surface area contributed by atoms with Gasteiger partial charge < -0.3 is 4.55 Å². The smallest absolute Gasteiger partial charge is 0.416 e. The van der Waals surface area contributed by atoms with Gasteiger partial charge in [-0.15, -0.1) is 4.72 Å². The second kappa shape index (κ2) is 5.91. The molecule has 0 spiro atoms. The molecule has 0 fully saturated rings. The summed E-state index contributed by atoms with van der Waals surface area (Å²) in [6.07, 6.45) is -4.58. The van der Waals surface area contributed by atoms with E-state index in [1.807, 2.05) is 0 Å². The third-order valence-corrected chi connectivity index (χ3v) is 4.31. The lowest BCUT2D eigenvalue weighted by molar-refractivity contribution is -0.137. The van der Waals surface area contributed by atoms with Crippen molar-refractivity contribution in [2.24, 2.45) is 0 Å². The zero-order valence-corrected chi connectivity index (χ0v) is 12.5. The first-order chi connectivity index (χ1) is 8.93. The average molecular weight is 311 g/mol. The largest absolute Gasteiger partial charge is 0.598 e. The van der Waals surface area contributed by atoms with Crippen LogP contribution in [0.3, 0.4) is 0 Å². The molecule has 0 aromatic heterocycles. The normalized spacial score (nSPS) is 16.1. The molecule has 2 atom stereocenters. The van der Waals surface area contributed by atoms with Crippen molar-refractivity contribution in [3.8, 4) is 0 Å². The van der Waals surface area contributed by atoms with Crippen LogP contribution in [0.25, 0.3) is 0 Å². The Morgan fingerprint density at radius 3 is 2.15 bits per heavy atom. The van der Waals surface area contributed by atoms with E-state index in [4.69, 9.17) is 0 Å². The molecule has 1 unspecified atom stereocenters. The number of halogens is 4. The fourth-order valence-electron chi connectivity index (χ4n) is 1.46. The van der Waals surface area contributed by atoms with Crippen LogP contribution in [0.2, 0.25) is 0 Å². The third-order valence-electron chi connectivity index (χ3n) is 2.63. The molecule has 0 aliphatic rings. The molecule has 0 amide bonds. The van der Waals surface area contributed by atoms with Crippen LogP contribution in [-0.4, -0.2) is 9.30 Å². The van der Waals surface area contributed by atoms with Gasteiger partial charge in [-0.1, -0.05) is 6.07 Å². The van der Waals surface area contributed by atoms with E-state index in [9.17, 15) is 22.1 Å². The topological polar surface area (TPSA) is 35.1 Å². The molecule has 0 aliphatic heterocycles. The summed E-state index contributed by atoms with van der Waals surface area (Å²) in [4.78, 5) is 0. The molecule has 20 heavy (non-hydrogen) atoms. The number of rotatable bonds is 3. The van der Waals surface area contributed by atoms with Crippen molar-refractivity contribution in [1.29, 1.82) is 0 Å². The van der Waals surface area contributed by atoms with Gasteiger partial charge in [0.1, 0.15) is 10.6 Å². The summed E-state index contributed by atoms with van der Waals surface area (Å²) in [7, 11) is 0. The zero-order chi connectivity index (χ0) is 15.7. The Labute approximate surface area is 118 Å². The highest BCUT2D eigenvalue weighted by molar-refractivity contribution is 7.90. The molecular formula is C13H17F4NOS. The van der Waals surface area contributed by atoms with E-state index < -0.39 is 39.7 Å². The Morgan fingerprint density at radius 1 is 1.20 bits per heavy atom. The van der Waals surface area contributed by atoms with Crippen molar-refractivity contribution >= 4 is 11.4 Å². The van der Waals surface area contributed by atoms with Crippen LogP contribution in [0.1, 0.15) is 44.9 Å². The van der Waals surface area contributed by atoms with Crippen molar-refractivity contribution in [1.82, 2.24) is 4.72 Å². The van der Waals surface area contributed by atoms with Gasteiger partial charge in [0.05, 0.1) is 11.6 Å². The quantitative estimate of drug-likeness (QED) is 0.677. The Bertz CT molecular complexity index is 470. The van der Waals surface area contributed by atoms with Crippen molar-refractivity contribution in [3.63, 3.8) is 0 Å². The van der Waals surface area contributed by atoms with Gasteiger partial charge in [0.25, 0.3) is 0 Å². The zero-order valence-electron chi connectivity index (χ0n) is 11.6. The van der Waals surface area contributed by atoms with Crippen LogP contribution in [0, 0.1) is 5.82 Å². The maximum absolute atomic E-state index is 13.7. The number of alkyl halides is 3. The molecule has 1 aromatic rings. The van der Waals surface area contributed by atoms with E-state index in [0.29, 0.717) is 6.07 Å². The third kappa shape index (κ3) is 4.36. The molecule has 1 aromatic carbocycles. The predicted octanol–water partition coefficient (Wildman–Crippen LogP) is 3.96. The Kier molecular flexibility index (Phi) is 5.10. The van der Waals surface area contributed by atoms with E-state index in [-0.39, 0.29) is 5.56 Å². The van der Waals surface area contributed by atoms with E-state index in [2.05, 4.69) is 4.72 Å². The van der Waals surface area contributed by atoms with E-state index in [0.717, 1.165) is 12.1 Å². The van der Waals surface area contributed by atoms with Gasteiger partial charge in [0.15, 0.2) is 0 Å². The van der Waals surface area contributed by atoms with Crippen molar-refractivity contribution < 1.29 is 22.1 Å². The second-order valence-electron chi connectivity index (χ2n) is 5.45. The predicted molar refractivity (Wildman–Crippen MR) is 70.8 cm³/mol. The number of benzene rings is 1. The first kappa shape index (κ1) is 17.3. The summed E-state index contributed by atoms with van der Waals surface area (Å²) in [5.41, 5.74) is -0.988. The Balaban J connectivity index is 2.93. The van der Waals surface area contributed by atoms with E-state index in [1.165, 1.54) is 0 Å². The molecule has 0 bridgehead atoms. The second-order valence-corrected chi connectivity index (χ2v) is 7.45. The van der Waals surface area contributed by atoms with Crippen LogP contribution in [-0.2, 0) is 17.5 Å². The van der Waals surface area contributed by atoms with Gasteiger partial charge in [-0.05, 0) is 39.8 Å². The maximum Gasteiger partial charge on any atom is 0.416 e. The van der Waals surface area contributed by atoms with Crippen molar-refractivity contribution in [2.75, 3.05) is 0 Å². The van der Waals surface area contributed by atoms with Crippen molar-refractivity contribution in [3.05, 3.63) is 35.1 Å². The SMILES string of the molecule is C[C@H](N[S+]([O-])C(C)(C)C)c1ccc(C(F)(F)F)cc1F. The average Bonchev–Trinajstić information content (AvgIpc) is 2.25. The van der Waals surface area contributed by atoms with Crippen LogP contribution >= 0.6 is 0 Å². The summed E-state index contributed by atoms with van der Waals surface area (Å²) in [5.74, 6) is -0.967. The van der Waals surface area contributed by atoms with Gasteiger partial charge >= 0.3 is 6.18 Å². The molecule has 0 heterocycles. The molecule has 1 rings (SSSR count). The molecule has 0 radical (unpaired) electrons. The molecule has 1 N–H and O–H groups in total. The highest BCUT2D eigenvalue weighted by Gasteiger charge is 2.33. The Morgan fingerprint density at radius 2 is 1.75 bits per heavy atom. The summed E-state index contributed by atoms with van der Waals surface area (Å²) in [6.45, 7) is 6.78. The monoisotopic (exact) mass is 311 g/mol. The molecule has 2 nitrogen and oxygen atoms in total. The Hall–Kier alpha value is -0.790. The lowest BCUT2D eigenvalue weighted by atomic mass is 10.1. The van der Waals surface area contributed by atoms with Gasteiger partial charge in [0, 0.05) is 16.9 Å². The lowest BCUT2D eigenvalue weighted by Gasteiger charge is -2.26. The van der Waals surface area contributed by atoms with E-state index in [1.54, 1.807) is 27.7 Å². The number of hydrogen-bond donors (Lipinski definition) is 1. The van der Waals surface area contributed by atoms with Crippen molar-refractivity contribution in [2.45, 2.75) is 44.7 Å². The first-order valence-corrected chi connectivity index (χ1v) is 7.12. The fraction of sp³-hybridized carbons (Fsp3) is 0.538. The summed E-state index contributed by atoms with van der Waals surface area (Å²) >= 11 is -1.44. The minimum absolute atomic E-state index is 0.0515. The minimum Gasteiger partial charge on any atom is -0.598 e. The summed E-state index contributed by atoms with van der Waals surface area (Å²) in [5, 5.41) is 0. The summed E-state index contributed by atoms with van der Waals surface area (Å²) < 4.78 is 65.1. The van der Waals surface area contributed by atoms with Crippen LogP contribution in [0.5, 0.6) is 0 Å². The van der Waals surface area contributed by atoms with Crippen LogP contribution in [0.4, 0.5) is 17.6 Å². The highest BCUT2D eigenvalue weighted by atomic mass is 32.2. The van der Waals surface area contributed by atoms with E-state index >= 15 is 0 Å². The van der Waals surface area contributed by atoms with Crippen LogP contribution in [0.15, 0.2) is 18.2 Å². The standard InChI is InChI=1S/C13H17F4NOS/c1-8(18-20(19)12(2,3)4)10-6-5-9(7-11(10)14)13(15,16)17/h5-8,18H,1-4H3/t8-,20?/m0/s1. The maximum atomic E-state index is 13.7. The fourth-order valence-corrected chi connectivity index (χ4v) is 2.26. The van der Waals surface area contributed by atoms with Crippen LogP contribution < -0.4 is 4.72 Å². The lowest BCUT2D eigenvalue weighted by Crippen LogP contribution is -2.40.